The molecule has 0 spiro atoms. The van der Waals surface area contributed by atoms with Gasteiger partial charge in [-0.15, -0.1) is 12.4 Å². The van der Waals surface area contributed by atoms with Gasteiger partial charge in [0.15, 0.2) is 11.5 Å². The van der Waals surface area contributed by atoms with Crippen LogP contribution in [0.3, 0.4) is 0 Å². The number of nitrogens with zero attached hydrogens (tertiary/aromatic N) is 1. The number of ether oxygens (including phenoxy) is 3. The van der Waals surface area contributed by atoms with Crippen LogP contribution in [-0.4, -0.2) is 58.8 Å². The summed E-state index contributed by atoms with van der Waals surface area (Å²) >= 11 is 0. The minimum absolute atomic E-state index is 0. The lowest BCUT2D eigenvalue weighted by Crippen LogP contribution is -2.39. The molecule has 0 radical (unpaired) electrons. The van der Waals surface area contributed by atoms with Gasteiger partial charge in [0.25, 0.3) is 5.91 Å². The van der Waals surface area contributed by atoms with Crippen molar-refractivity contribution in [2.75, 3.05) is 48.0 Å². The fraction of sp³-hybridized carbons (Fsp3) is 0.611. The van der Waals surface area contributed by atoms with Gasteiger partial charge in [0.05, 0.1) is 26.9 Å². The van der Waals surface area contributed by atoms with Crippen LogP contribution in [0.5, 0.6) is 17.2 Å². The van der Waals surface area contributed by atoms with E-state index in [0.29, 0.717) is 28.7 Å². The summed E-state index contributed by atoms with van der Waals surface area (Å²) in [7, 11) is 6.62. The second kappa shape index (κ2) is 10.4. The van der Waals surface area contributed by atoms with Crippen LogP contribution in [0.25, 0.3) is 0 Å². The van der Waals surface area contributed by atoms with E-state index >= 15 is 0 Å². The van der Waals surface area contributed by atoms with Crippen molar-refractivity contribution in [1.29, 1.82) is 0 Å². The van der Waals surface area contributed by atoms with Crippen molar-refractivity contribution in [2.24, 2.45) is 5.92 Å². The van der Waals surface area contributed by atoms with E-state index in [2.05, 4.69) is 5.32 Å². The molecule has 0 aliphatic carbocycles. The number of amides is 1. The predicted octanol–water partition coefficient (Wildman–Crippen LogP) is 2.60. The number of methoxy groups -OCH3 is 3. The molecule has 1 fully saturated rings. The highest BCUT2D eigenvalue weighted by atomic mass is 35.5. The van der Waals surface area contributed by atoms with Crippen LogP contribution >= 0.6 is 12.4 Å². The predicted molar refractivity (Wildman–Crippen MR) is 101 cm³/mol. The molecule has 1 aliphatic rings. The smallest absolute Gasteiger partial charge is 0.257 e. The van der Waals surface area contributed by atoms with Gasteiger partial charge in [-0.2, -0.15) is 0 Å². The Morgan fingerprint density at radius 2 is 1.76 bits per heavy atom. The van der Waals surface area contributed by atoms with E-state index in [0.717, 1.165) is 38.9 Å². The SMILES string of the molecule is CNCCC1CCN(C(=O)c2ccc(OC)c(OC)c2OC)CC1.Cl. The summed E-state index contributed by atoms with van der Waals surface area (Å²) in [5.74, 6) is 2.11. The fourth-order valence-corrected chi connectivity index (χ4v) is 3.21. The quantitative estimate of drug-likeness (QED) is 0.797. The van der Waals surface area contributed by atoms with Gasteiger partial charge in [-0.1, -0.05) is 0 Å². The average molecular weight is 373 g/mol. The molecule has 1 aromatic carbocycles. The van der Waals surface area contributed by atoms with Crippen molar-refractivity contribution < 1.29 is 19.0 Å². The van der Waals surface area contributed by atoms with Crippen molar-refractivity contribution in [2.45, 2.75) is 19.3 Å². The summed E-state index contributed by atoms with van der Waals surface area (Å²) in [6.07, 6.45) is 3.25. The standard InChI is InChI=1S/C18H28N2O4.ClH/c1-19-10-7-13-8-11-20(12-9-13)18(21)14-5-6-15(22-2)17(24-4)16(14)23-3;/h5-6,13,19H,7-12H2,1-4H3;1H. The summed E-state index contributed by atoms with van der Waals surface area (Å²) in [6.45, 7) is 2.59. The number of benzene rings is 1. The highest BCUT2D eigenvalue weighted by Crippen LogP contribution is 2.40. The van der Waals surface area contributed by atoms with Crippen molar-refractivity contribution in [3.63, 3.8) is 0 Å². The van der Waals surface area contributed by atoms with Crippen LogP contribution in [0.2, 0.25) is 0 Å². The minimum atomic E-state index is -0.0140. The highest BCUT2D eigenvalue weighted by molar-refractivity contribution is 5.98. The molecule has 0 bridgehead atoms. The van der Waals surface area contributed by atoms with Gasteiger partial charge in [0.1, 0.15) is 0 Å². The maximum absolute atomic E-state index is 12.9. The molecule has 25 heavy (non-hydrogen) atoms. The molecule has 1 aromatic rings. The van der Waals surface area contributed by atoms with Crippen molar-refractivity contribution in [3.05, 3.63) is 17.7 Å². The summed E-state index contributed by atoms with van der Waals surface area (Å²) in [5, 5.41) is 3.19. The van der Waals surface area contributed by atoms with Crippen LogP contribution in [0, 0.1) is 5.92 Å². The number of rotatable bonds is 7. The third-order valence-corrected chi connectivity index (χ3v) is 4.64. The third-order valence-electron chi connectivity index (χ3n) is 4.64. The Hall–Kier alpha value is -1.66. The molecule has 1 N–H and O–H groups in total. The van der Waals surface area contributed by atoms with Crippen LogP contribution in [0.1, 0.15) is 29.6 Å². The molecule has 2 rings (SSSR count). The number of piperidine rings is 1. The van der Waals surface area contributed by atoms with E-state index in [9.17, 15) is 4.79 Å². The lowest BCUT2D eigenvalue weighted by Gasteiger charge is -2.32. The third kappa shape index (κ3) is 4.92. The molecule has 1 amide bonds. The average Bonchev–Trinajstić information content (AvgIpc) is 2.64. The van der Waals surface area contributed by atoms with Crippen LogP contribution in [0.4, 0.5) is 0 Å². The Kier molecular flexibility index (Phi) is 8.86. The maximum atomic E-state index is 12.9. The van der Waals surface area contributed by atoms with Gasteiger partial charge in [-0.05, 0) is 50.9 Å². The number of hydrogen-bond donors (Lipinski definition) is 1. The zero-order valence-electron chi connectivity index (χ0n) is 15.5. The van der Waals surface area contributed by atoms with Gasteiger partial charge in [-0.25, -0.2) is 0 Å². The zero-order chi connectivity index (χ0) is 17.5. The molecule has 0 unspecified atom stereocenters. The first kappa shape index (κ1) is 21.4. The van der Waals surface area contributed by atoms with E-state index in [1.165, 1.54) is 7.11 Å². The second-order valence-electron chi connectivity index (χ2n) is 6.01. The molecular formula is C18H29ClN2O4. The molecule has 1 heterocycles. The van der Waals surface area contributed by atoms with Crippen LogP contribution in [-0.2, 0) is 0 Å². The van der Waals surface area contributed by atoms with E-state index in [4.69, 9.17) is 14.2 Å². The molecule has 7 heteroatoms. The normalized spacial score (nSPS) is 14.6. The van der Waals surface area contributed by atoms with E-state index in [1.807, 2.05) is 11.9 Å². The molecule has 0 atom stereocenters. The Balaban J connectivity index is 0.00000312. The van der Waals surface area contributed by atoms with Crippen molar-refractivity contribution >= 4 is 18.3 Å². The van der Waals surface area contributed by atoms with Gasteiger partial charge >= 0.3 is 0 Å². The largest absolute Gasteiger partial charge is 0.493 e. The number of carbonyl (C=O) groups excluding carboxylic acids is 1. The number of halogens is 1. The second-order valence-corrected chi connectivity index (χ2v) is 6.01. The van der Waals surface area contributed by atoms with Crippen LogP contribution in [0.15, 0.2) is 12.1 Å². The van der Waals surface area contributed by atoms with Crippen molar-refractivity contribution in [1.82, 2.24) is 10.2 Å². The number of nitrogens with one attached hydrogen (secondary N) is 1. The Bertz CT molecular complexity index is 560. The van der Waals surface area contributed by atoms with Gasteiger partial charge in [0, 0.05) is 13.1 Å². The topological polar surface area (TPSA) is 60.0 Å². The number of hydrogen-bond acceptors (Lipinski definition) is 5. The van der Waals surface area contributed by atoms with E-state index in [1.54, 1.807) is 26.4 Å². The molecular weight excluding hydrogens is 344 g/mol. The van der Waals surface area contributed by atoms with Crippen molar-refractivity contribution in [3.8, 4) is 17.2 Å². The Labute approximate surface area is 156 Å². The molecule has 0 saturated carbocycles. The Morgan fingerprint density at radius 1 is 1.12 bits per heavy atom. The lowest BCUT2D eigenvalue weighted by atomic mass is 9.93. The first-order valence-corrected chi connectivity index (χ1v) is 8.39. The first-order chi connectivity index (χ1) is 11.7. The van der Waals surface area contributed by atoms with Gasteiger partial charge in [0.2, 0.25) is 5.75 Å². The van der Waals surface area contributed by atoms with Crippen LogP contribution < -0.4 is 19.5 Å². The fourth-order valence-electron chi connectivity index (χ4n) is 3.21. The van der Waals surface area contributed by atoms with E-state index in [-0.39, 0.29) is 18.3 Å². The summed E-state index contributed by atoms with van der Waals surface area (Å²) < 4.78 is 16.1. The van der Waals surface area contributed by atoms with Gasteiger partial charge in [-0.3, -0.25) is 4.79 Å². The highest BCUT2D eigenvalue weighted by Gasteiger charge is 2.27. The van der Waals surface area contributed by atoms with E-state index < -0.39 is 0 Å². The van der Waals surface area contributed by atoms with Gasteiger partial charge < -0.3 is 24.4 Å². The number of carbonyl (C=O) groups is 1. The molecule has 6 nitrogen and oxygen atoms in total. The first-order valence-electron chi connectivity index (χ1n) is 8.39. The Morgan fingerprint density at radius 3 is 2.28 bits per heavy atom. The summed E-state index contributed by atoms with van der Waals surface area (Å²) in [6, 6.07) is 3.49. The number of likely N-dealkylation sites (tertiary alicyclic amines) is 1. The molecule has 1 saturated heterocycles. The lowest BCUT2D eigenvalue weighted by molar-refractivity contribution is 0.0683. The summed E-state index contributed by atoms with van der Waals surface area (Å²) in [4.78, 5) is 14.8. The molecule has 0 aromatic heterocycles. The molecule has 1 aliphatic heterocycles. The zero-order valence-corrected chi connectivity index (χ0v) is 16.3. The maximum Gasteiger partial charge on any atom is 0.257 e. The monoisotopic (exact) mass is 372 g/mol. The minimum Gasteiger partial charge on any atom is -0.493 e. The summed E-state index contributed by atoms with van der Waals surface area (Å²) in [5.41, 5.74) is 0.517. The molecule has 142 valence electrons.